The highest BCUT2D eigenvalue weighted by Gasteiger charge is 2.42. The zero-order chi connectivity index (χ0) is 28.8. The molecular formula is C26H21Cl4N3O7. The molecule has 0 aliphatic carbocycles. The van der Waals surface area contributed by atoms with E-state index in [2.05, 4.69) is 15.6 Å². The van der Waals surface area contributed by atoms with Gasteiger partial charge in [-0.05, 0) is 29.8 Å². The molecule has 3 N–H and O–H groups in total. The molecular weight excluding hydrogens is 608 g/mol. The van der Waals surface area contributed by atoms with E-state index >= 15 is 0 Å². The van der Waals surface area contributed by atoms with Gasteiger partial charge >= 0.3 is 5.97 Å². The fourth-order valence-corrected chi connectivity index (χ4v) is 4.71. The quantitative estimate of drug-likeness (QED) is 0.292. The molecule has 1 aromatic heterocycles. The predicted octanol–water partition coefficient (Wildman–Crippen LogP) is 4.77. The van der Waals surface area contributed by atoms with Gasteiger partial charge in [-0.25, -0.2) is 4.79 Å². The Morgan fingerprint density at radius 2 is 1.52 bits per heavy atom. The Hall–Kier alpha value is -3.12. The Balaban J connectivity index is 1.36. The first-order valence-electron chi connectivity index (χ1n) is 11.6. The maximum absolute atomic E-state index is 12.9. The van der Waals surface area contributed by atoms with Crippen LogP contribution in [0.3, 0.4) is 0 Å². The smallest absolute Gasteiger partial charge is 0.326 e. The number of benzene rings is 2. The number of carbonyl (C=O) groups excluding carboxylic acids is 2. The van der Waals surface area contributed by atoms with E-state index in [-0.39, 0.29) is 35.6 Å². The van der Waals surface area contributed by atoms with Crippen molar-refractivity contribution in [1.82, 2.24) is 10.3 Å². The molecule has 3 atom stereocenters. The van der Waals surface area contributed by atoms with Crippen molar-refractivity contribution in [3.63, 3.8) is 0 Å². The summed E-state index contributed by atoms with van der Waals surface area (Å²) < 4.78 is 16.3. The molecule has 0 saturated carbocycles. The van der Waals surface area contributed by atoms with Crippen LogP contribution in [0.25, 0.3) is 0 Å². The van der Waals surface area contributed by atoms with E-state index in [9.17, 15) is 19.5 Å². The second-order valence-electron chi connectivity index (χ2n) is 8.50. The van der Waals surface area contributed by atoms with E-state index < -0.39 is 36.0 Å². The first-order valence-corrected chi connectivity index (χ1v) is 13.2. The number of ether oxygens (including phenoxy) is 3. The van der Waals surface area contributed by atoms with Crippen LogP contribution in [0.15, 0.2) is 54.9 Å². The van der Waals surface area contributed by atoms with Crippen LogP contribution in [0, 0.1) is 0 Å². The van der Waals surface area contributed by atoms with Gasteiger partial charge in [-0.3, -0.25) is 14.6 Å². The summed E-state index contributed by atoms with van der Waals surface area (Å²) in [6.07, 6.45) is -0.274. The topological polar surface area (TPSA) is 136 Å². The number of hydrogen-bond donors (Lipinski definition) is 3. The molecule has 0 radical (unpaired) electrons. The molecule has 1 aliphatic heterocycles. The first-order chi connectivity index (χ1) is 19.1. The van der Waals surface area contributed by atoms with Gasteiger partial charge in [0.05, 0.1) is 15.7 Å². The standard InChI is InChI=1S/C26H21Cl4N3O7/c27-16-2-1-3-17(28)15(16)11-38-14-6-4-13(5-7-14)8-20(26(36)37)32-24(34)22-23(40-12-39-22)25(35)33-21-18(29)9-31-10-19(21)30/h1-7,9-10,20,22-23H,8,11-12H2,(H,32,34)(H,36,37)(H,31,33,35)/t20-,22+,23+/m0/s1. The normalized spacial score (nSPS) is 17.2. The summed E-state index contributed by atoms with van der Waals surface area (Å²) in [5, 5.41) is 15.7. The third kappa shape index (κ3) is 7.34. The van der Waals surface area contributed by atoms with Crippen molar-refractivity contribution in [1.29, 1.82) is 0 Å². The number of rotatable bonds is 10. The predicted molar refractivity (Wildman–Crippen MR) is 148 cm³/mol. The molecule has 0 unspecified atom stereocenters. The molecule has 40 heavy (non-hydrogen) atoms. The average molecular weight is 629 g/mol. The van der Waals surface area contributed by atoms with Gasteiger partial charge in [-0.15, -0.1) is 0 Å². The molecule has 2 aromatic carbocycles. The van der Waals surface area contributed by atoms with Gasteiger partial charge in [0, 0.05) is 34.4 Å². The third-order valence-electron chi connectivity index (χ3n) is 5.81. The number of pyridine rings is 1. The van der Waals surface area contributed by atoms with E-state index in [1.165, 1.54) is 12.4 Å². The molecule has 3 aromatic rings. The highest BCUT2D eigenvalue weighted by Crippen LogP contribution is 2.30. The number of aliphatic carboxylic acids is 1. The lowest BCUT2D eigenvalue weighted by Crippen LogP contribution is -2.51. The fourth-order valence-electron chi connectivity index (χ4n) is 3.75. The fraction of sp³-hybridized carbons (Fsp3) is 0.231. The summed E-state index contributed by atoms with van der Waals surface area (Å²) in [6, 6.07) is 10.5. The summed E-state index contributed by atoms with van der Waals surface area (Å²) >= 11 is 24.4. The summed E-state index contributed by atoms with van der Waals surface area (Å²) in [6.45, 7) is -0.212. The molecule has 14 heteroatoms. The van der Waals surface area contributed by atoms with Crippen LogP contribution in [0.4, 0.5) is 5.69 Å². The second kappa shape index (κ2) is 13.5. The molecule has 0 spiro atoms. The van der Waals surface area contributed by atoms with E-state index in [1.807, 2.05) is 0 Å². The van der Waals surface area contributed by atoms with Gasteiger partial charge in [0.25, 0.3) is 11.8 Å². The summed E-state index contributed by atoms with van der Waals surface area (Å²) in [5.74, 6) is -2.37. The summed E-state index contributed by atoms with van der Waals surface area (Å²) in [7, 11) is 0. The largest absolute Gasteiger partial charge is 0.489 e. The van der Waals surface area contributed by atoms with Crippen LogP contribution in [0.5, 0.6) is 5.75 Å². The van der Waals surface area contributed by atoms with Crippen molar-refractivity contribution >= 4 is 69.9 Å². The number of amides is 2. The number of nitrogens with zero attached hydrogens (tertiary/aromatic N) is 1. The number of nitrogens with one attached hydrogen (secondary N) is 2. The van der Waals surface area contributed by atoms with Gasteiger partial charge < -0.3 is 30.0 Å². The molecule has 4 rings (SSSR count). The highest BCUT2D eigenvalue weighted by molar-refractivity contribution is 6.39. The third-order valence-corrected chi connectivity index (χ3v) is 7.09. The average Bonchev–Trinajstić information content (AvgIpc) is 3.41. The minimum absolute atomic E-state index is 0.0512. The Morgan fingerprint density at radius 3 is 2.12 bits per heavy atom. The number of anilines is 1. The van der Waals surface area contributed by atoms with Crippen LogP contribution in [-0.2, 0) is 36.9 Å². The zero-order valence-electron chi connectivity index (χ0n) is 20.4. The first kappa shape index (κ1) is 29.9. The Morgan fingerprint density at radius 1 is 0.925 bits per heavy atom. The maximum Gasteiger partial charge on any atom is 0.326 e. The monoisotopic (exact) mass is 627 g/mol. The van der Waals surface area contributed by atoms with Crippen molar-refractivity contribution in [3.05, 3.63) is 86.1 Å². The lowest BCUT2D eigenvalue weighted by Gasteiger charge is -2.20. The van der Waals surface area contributed by atoms with Crippen LogP contribution in [-0.4, -0.2) is 52.9 Å². The number of halogens is 4. The molecule has 1 aliphatic rings. The Bertz CT molecular complexity index is 1370. The molecule has 1 saturated heterocycles. The molecule has 2 amide bonds. The molecule has 2 heterocycles. The minimum atomic E-state index is -1.41. The van der Waals surface area contributed by atoms with Gasteiger partial charge in [0.1, 0.15) is 25.2 Å². The van der Waals surface area contributed by atoms with Gasteiger partial charge in [0.15, 0.2) is 12.2 Å². The van der Waals surface area contributed by atoms with Gasteiger partial charge in [-0.1, -0.05) is 64.6 Å². The molecule has 210 valence electrons. The summed E-state index contributed by atoms with van der Waals surface area (Å²) in [4.78, 5) is 41.4. The van der Waals surface area contributed by atoms with E-state index in [0.717, 1.165) is 0 Å². The maximum atomic E-state index is 12.9. The minimum Gasteiger partial charge on any atom is -0.489 e. The van der Waals surface area contributed by atoms with Crippen molar-refractivity contribution in [2.45, 2.75) is 31.3 Å². The number of carboxylic acids is 1. The van der Waals surface area contributed by atoms with Crippen molar-refractivity contribution in [2.75, 3.05) is 12.1 Å². The Kier molecular flexibility index (Phi) is 10.1. The number of carbonyl (C=O) groups is 3. The molecule has 0 bridgehead atoms. The molecule has 1 fully saturated rings. The van der Waals surface area contributed by atoms with Crippen LogP contribution < -0.4 is 15.4 Å². The molecule has 10 nitrogen and oxygen atoms in total. The number of hydrogen-bond acceptors (Lipinski definition) is 7. The lowest BCUT2D eigenvalue weighted by molar-refractivity contribution is -0.144. The SMILES string of the molecule is O=C(O)[C@H](Cc1ccc(OCc2c(Cl)cccc2Cl)cc1)NC(=O)[C@@H]1OCO[C@H]1C(=O)Nc1c(Cl)cncc1Cl. The van der Waals surface area contributed by atoms with E-state index in [0.29, 0.717) is 26.9 Å². The zero-order valence-corrected chi connectivity index (χ0v) is 23.4. The summed E-state index contributed by atoms with van der Waals surface area (Å²) in [5.41, 5.74) is 1.33. The van der Waals surface area contributed by atoms with E-state index in [4.69, 9.17) is 60.6 Å². The Labute approximate surface area is 248 Å². The van der Waals surface area contributed by atoms with Crippen LogP contribution >= 0.6 is 46.4 Å². The highest BCUT2D eigenvalue weighted by atomic mass is 35.5. The number of aromatic nitrogens is 1. The van der Waals surface area contributed by atoms with Crippen molar-refractivity contribution < 1.29 is 33.7 Å². The number of carboxylic acid groups (broad SMARTS) is 1. The van der Waals surface area contributed by atoms with Crippen LogP contribution in [0.2, 0.25) is 20.1 Å². The van der Waals surface area contributed by atoms with E-state index in [1.54, 1.807) is 42.5 Å². The van der Waals surface area contributed by atoms with Gasteiger partial charge in [-0.2, -0.15) is 0 Å². The van der Waals surface area contributed by atoms with Gasteiger partial charge in [0.2, 0.25) is 0 Å². The van der Waals surface area contributed by atoms with Crippen molar-refractivity contribution in [3.8, 4) is 5.75 Å². The second-order valence-corrected chi connectivity index (χ2v) is 10.1. The van der Waals surface area contributed by atoms with Crippen LogP contribution in [0.1, 0.15) is 11.1 Å². The lowest BCUT2D eigenvalue weighted by atomic mass is 10.0. The van der Waals surface area contributed by atoms with Crippen molar-refractivity contribution in [2.24, 2.45) is 0 Å².